The van der Waals surface area contributed by atoms with Crippen molar-refractivity contribution in [2.75, 3.05) is 11.9 Å². The number of carbonyl (C=O) groups is 1. The van der Waals surface area contributed by atoms with Gasteiger partial charge in [-0.25, -0.2) is 14.2 Å². The lowest BCUT2D eigenvalue weighted by Gasteiger charge is -2.16. The molecule has 0 aliphatic carbocycles. The lowest BCUT2D eigenvalue weighted by atomic mass is 10.2. The Kier molecular flexibility index (Phi) is 4.46. The Morgan fingerprint density at radius 1 is 1.53 bits per heavy atom. The Morgan fingerprint density at radius 3 is 2.95 bits per heavy atom. The quantitative estimate of drug-likeness (QED) is 0.855. The van der Waals surface area contributed by atoms with Gasteiger partial charge in [0, 0.05) is 5.38 Å². The molecule has 0 amide bonds. The number of esters is 1. The summed E-state index contributed by atoms with van der Waals surface area (Å²) < 4.78 is 18.6. The van der Waals surface area contributed by atoms with Crippen molar-refractivity contribution in [1.82, 2.24) is 4.98 Å². The summed E-state index contributed by atoms with van der Waals surface area (Å²) in [7, 11) is 0. The van der Waals surface area contributed by atoms with Crippen molar-refractivity contribution in [3.63, 3.8) is 0 Å². The van der Waals surface area contributed by atoms with Crippen molar-refractivity contribution in [3.8, 4) is 0 Å². The zero-order valence-electron chi connectivity index (χ0n) is 10.3. The van der Waals surface area contributed by atoms with Crippen LogP contribution in [0, 0.1) is 5.82 Å². The van der Waals surface area contributed by atoms with E-state index in [4.69, 9.17) is 4.74 Å². The van der Waals surface area contributed by atoms with Gasteiger partial charge in [-0.3, -0.25) is 0 Å². The van der Waals surface area contributed by atoms with Crippen LogP contribution in [0.15, 0.2) is 35.2 Å². The maximum atomic E-state index is 13.6. The van der Waals surface area contributed by atoms with E-state index < -0.39 is 17.8 Å². The van der Waals surface area contributed by atoms with Crippen LogP contribution in [0.1, 0.15) is 18.7 Å². The first-order valence-electron chi connectivity index (χ1n) is 5.78. The molecular formula is C13H13FN2O2S. The fraction of sp³-hybridized carbons (Fsp3) is 0.231. The van der Waals surface area contributed by atoms with E-state index in [2.05, 4.69) is 10.3 Å². The maximum absolute atomic E-state index is 13.6. The highest BCUT2D eigenvalue weighted by Gasteiger charge is 2.24. The maximum Gasteiger partial charge on any atom is 0.334 e. The molecule has 1 atom stereocenters. The number of benzene rings is 1. The number of aromatic nitrogens is 1. The Bertz CT molecular complexity index is 545. The average Bonchev–Trinajstić information content (AvgIpc) is 2.91. The van der Waals surface area contributed by atoms with Gasteiger partial charge in [0.2, 0.25) is 0 Å². The van der Waals surface area contributed by atoms with Crippen LogP contribution in [0.4, 0.5) is 10.1 Å². The van der Waals surface area contributed by atoms with Gasteiger partial charge < -0.3 is 10.1 Å². The van der Waals surface area contributed by atoms with E-state index in [9.17, 15) is 9.18 Å². The number of nitrogens with one attached hydrogen (secondary N) is 1. The lowest BCUT2D eigenvalue weighted by Crippen LogP contribution is -2.24. The van der Waals surface area contributed by atoms with Crippen LogP contribution in [-0.2, 0) is 9.53 Å². The topological polar surface area (TPSA) is 51.2 Å². The molecule has 6 heteroatoms. The van der Waals surface area contributed by atoms with Crippen LogP contribution in [0.25, 0.3) is 0 Å². The predicted octanol–water partition coefficient (Wildman–Crippen LogP) is 3.00. The molecule has 0 radical (unpaired) electrons. The second-order valence-electron chi connectivity index (χ2n) is 3.72. The average molecular weight is 280 g/mol. The number of rotatable bonds is 5. The first-order valence-corrected chi connectivity index (χ1v) is 6.72. The van der Waals surface area contributed by atoms with Crippen LogP contribution in [-0.4, -0.2) is 17.6 Å². The summed E-state index contributed by atoms with van der Waals surface area (Å²) in [6.07, 6.45) is 0. The second-order valence-corrected chi connectivity index (χ2v) is 4.44. The minimum Gasteiger partial charge on any atom is -0.464 e. The molecule has 4 nitrogen and oxygen atoms in total. The third-order valence-electron chi connectivity index (χ3n) is 2.44. The first kappa shape index (κ1) is 13.5. The van der Waals surface area contributed by atoms with Crippen LogP contribution >= 0.6 is 11.3 Å². The number of anilines is 1. The SMILES string of the molecule is CCOC(=O)C(Nc1ccccc1F)c1cscn1. The molecule has 1 aromatic carbocycles. The van der Waals surface area contributed by atoms with E-state index in [0.29, 0.717) is 5.69 Å². The molecule has 0 aliphatic rings. The van der Waals surface area contributed by atoms with Gasteiger partial charge in [-0.1, -0.05) is 12.1 Å². The van der Waals surface area contributed by atoms with E-state index in [1.807, 2.05) is 0 Å². The Morgan fingerprint density at radius 2 is 2.32 bits per heavy atom. The molecule has 0 spiro atoms. The van der Waals surface area contributed by atoms with Crippen molar-refractivity contribution >= 4 is 23.0 Å². The Hall–Kier alpha value is -1.95. The van der Waals surface area contributed by atoms with Gasteiger partial charge >= 0.3 is 5.97 Å². The van der Waals surface area contributed by atoms with Crippen molar-refractivity contribution < 1.29 is 13.9 Å². The van der Waals surface area contributed by atoms with Gasteiger partial charge in [0.1, 0.15) is 5.82 Å². The molecule has 1 N–H and O–H groups in total. The van der Waals surface area contributed by atoms with Crippen molar-refractivity contribution in [3.05, 3.63) is 46.7 Å². The number of ether oxygens (including phenoxy) is 1. The zero-order chi connectivity index (χ0) is 13.7. The summed E-state index contributed by atoms with van der Waals surface area (Å²) in [6.45, 7) is 1.98. The molecule has 1 aromatic heterocycles. The number of para-hydroxylation sites is 1. The van der Waals surface area contributed by atoms with Gasteiger partial charge in [-0.15, -0.1) is 11.3 Å². The summed E-state index contributed by atoms with van der Waals surface area (Å²) >= 11 is 1.37. The summed E-state index contributed by atoms with van der Waals surface area (Å²) in [4.78, 5) is 16.0. The first-order chi connectivity index (χ1) is 9.22. The van der Waals surface area contributed by atoms with Crippen LogP contribution < -0.4 is 5.32 Å². The predicted molar refractivity (Wildman–Crippen MR) is 71.5 cm³/mol. The minimum atomic E-state index is -0.803. The van der Waals surface area contributed by atoms with Gasteiger partial charge in [0.25, 0.3) is 0 Å². The van der Waals surface area contributed by atoms with Crippen molar-refractivity contribution in [1.29, 1.82) is 0 Å². The molecular weight excluding hydrogens is 267 g/mol. The normalized spacial score (nSPS) is 11.9. The summed E-state index contributed by atoms with van der Waals surface area (Å²) in [5.41, 5.74) is 2.38. The fourth-order valence-electron chi connectivity index (χ4n) is 1.58. The van der Waals surface area contributed by atoms with E-state index in [0.717, 1.165) is 0 Å². The van der Waals surface area contributed by atoms with Gasteiger partial charge in [-0.2, -0.15) is 0 Å². The molecule has 1 unspecified atom stereocenters. The molecule has 2 rings (SSSR count). The van der Waals surface area contributed by atoms with Crippen LogP contribution in [0.3, 0.4) is 0 Å². The highest BCUT2D eigenvalue weighted by Crippen LogP contribution is 2.22. The summed E-state index contributed by atoms with van der Waals surface area (Å²) in [6, 6.07) is 5.36. The molecule has 0 saturated heterocycles. The molecule has 2 aromatic rings. The van der Waals surface area contributed by atoms with E-state index in [-0.39, 0.29) is 12.3 Å². The molecule has 1 heterocycles. The summed E-state index contributed by atoms with van der Waals surface area (Å²) in [5, 5.41) is 4.56. The van der Waals surface area contributed by atoms with E-state index in [1.54, 1.807) is 36.0 Å². The standard InChI is InChI=1S/C13H13FN2O2S/c1-2-18-13(17)12(11-7-19-8-15-11)16-10-6-4-3-5-9(10)14/h3-8,12,16H,2H2,1H3. The molecule has 0 fully saturated rings. The zero-order valence-corrected chi connectivity index (χ0v) is 11.1. The smallest absolute Gasteiger partial charge is 0.334 e. The fourth-order valence-corrected chi connectivity index (χ4v) is 2.16. The lowest BCUT2D eigenvalue weighted by molar-refractivity contribution is -0.144. The van der Waals surface area contributed by atoms with Crippen LogP contribution in [0.2, 0.25) is 0 Å². The molecule has 0 saturated carbocycles. The number of halogens is 1. The number of hydrogen-bond acceptors (Lipinski definition) is 5. The molecule has 0 bridgehead atoms. The Labute approximate surface area is 114 Å². The molecule has 100 valence electrons. The van der Waals surface area contributed by atoms with E-state index >= 15 is 0 Å². The van der Waals surface area contributed by atoms with Gasteiger partial charge in [-0.05, 0) is 19.1 Å². The van der Waals surface area contributed by atoms with Gasteiger partial charge in [0.05, 0.1) is 23.5 Å². The number of hydrogen-bond donors (Lipinski definition) is 1. The summed E-state index contributed by atoms with van der Waals surface area (Å²) in [5.74, 6) is -0.899. The highest BCUT2D eigenvalue weighted by molar-refractivity contribution is 7.07. The van der Waals surface area contributed by atoms with Crippen molar-refractivity contribution in [2.45, 2.75) is 13.0 Å². The Balaban J connectivity index is 2.24. The second kappa shape index (κ2) is 6.29. The molecule has 0 aliphatic heterocycles. The number of carbonyl (C=O) groups excluding carboxylic acids is 1. The van der Waals surface area contributed by atoms with E-state index in [1.165, 1.54) is 17.4 Å². The molecule has 19 heavy (non-hydrogen) atoms. The minimum absolute atomic E-state index is 0.244. The third kappa shape index (κ3) is 3.29. The monoisotopic (exact) mass is 280 g/mol. The van der Waals surface area contributed by atoms with Crippen molar-refractivity contribution in [2.24, 2.45) is 0 Å². The highest BCUT2D eigenvalue weighted by atomic mass is 32.1. The van der Waals surface area contributed by atoms with Crippen LogP contribution in [0.5, 0.6) is 0 Å². The van der Waals surface area contributed by atoms with Gasteiger partial charge in [0.15, 0.2) is 6.04 Å². The third-order valence-corrected chi connectivity index (χ3v) is 3.05. The number of thiazole rings is 1. The largest absolute Gasteiger partial charge is 0.464 e. The number of nitrogens with zero attached hydrogens (tertiary/aromatic N) is 1.